The van der Waals surface area contributed by atoms with Gasteiger partial charge in [0.15, 0.2) is 6.61 Å². The van der Waals surface area contributed by atoms with Crippen molar-refractivity contribution in [2.75, 3.05) is 27.2 Å². The van der Waals surface area contributed by atoms with Crippen molar-refractivity contribution in [1.29, 1.82) is 0 Å². The number of hydrogen-bond donors (Lipinski definition) is 1. The molecule has 9 heteroatoms. The number of nitrogens with one attached hydrogen (secondary N) is 1. The molecule has 116 valence electrons. The molecule has 0 fully saturated rings. The van der Waals surface area contributed by atoms with E-state index >= 15 is 0 Å². The van der Waals surface area contributed by atoms with E-state index in [0.717, 1.165) is 24.3 Å². The van der Waals surface area contributed by atoms with Crippen LogP contribution in [0.15, 0.2) is 29.2 Å². The van der Waals surface area contributed by atoms with Crippen LogP contribution in [0.3, 0.4) is 0 Å². The molecular weight excluding hydrogens is 303 g/mol. The van der Waals surface area contributed by atoms with E-state index < -0.39 is 40.9 Å². The Labute approximate surface area is 121 Å². The summed E-state index contributed by atoms with van der Waals surface area (Å²) in [5, 5.41) is 0. The summed E-state index contributed by atoms with van der Waals surface area (Å²) in [6.07, 6.45) is 0. The molecule has 1 rings (SSSR count). The molecule has 1 amide bonds. The Morgan fingerprint density at radius 3 is 2.33 bits per heavy atom. The number of halogens is 1. The molecule has 1 aromatic rings. The summed E-state index contributed by atoms with van der Waals surface area (Å²) in [6, 6.07) is 4.11. The van der Waals surface area contributed by atoms with Crippen LogP contribution in [-0.2, 0) is 24.3 Å². The first kappa shape index (κ1) is 17.1. The van der Waals surface area contributed by atoms with Gasteiger partial charge in [0.2, 0.25) is 10.0 Å². The van der Waals surface area contributed by atoms with Crippen molar-refractivity contribution in [3.63, 3.8) is 0 Å². The molecule has 1 aromatic carbocycles. The van der Waals surface area contributed by atoms with Gasteiger partial charge < -0.3 is 9.64 Å². The Kier molecular flexibility index (Phi) is 5.79. The lowest BCUT2D eigenvalue weighted by molar-refractivity contribution is -0.149. The molecule has 1 N–H and O–H groups in total. The average molecular weight is 318 g/mol. The topological polar surface area (TPSA) is 92.8 Å². The van der Waals surface area contributed by atoms with Crippen LogP contribution in [0.4, 0.5) is 4.39 Å². The minimum absolute atomic E-state index is 0.180. The number of esters is 1. The van der Waals surface area contributed by atoms with Crippen molar-refractivity contribution < 1.29 is 27.1 Å². The molecule has 0 bridgehead atoms. The van der Waals surface area contributed by atoms with Gasteiger partial charge in [0.1, 0.15) is 12.4 Å². The Morgan fingerprint density at radius 2 is 1.81 bits per heavy atom. The number of rotatable bonds is 6. The standard InChI is InChI=1S/C12H15FN2O5S/c1-15(2)11(16)8-20-12(17)7-14-21(18,19)10-5-3-9(13)4-6-10/h3-6,14H,7-8H2,1-2H3. The van der Waals surface area contributed by atoms with Gasteiger partial charge in [0.05, 0.1) is 4.90 Å². The van der Waals surface area contributed by atoms with E-state index in [9.17, 15) is 22.4 Å². The molecule has 0 unspecified atom stereocenters. The summed E-state index contributed by atoms with van der Waals surface area (Å²) in [4.78, 5) is 23.6. The lowest BCUT2D eigenvalue weighted by Crippen LogP contribution is -2.33. The van der Waals surface area contributed by atoms with Crippen molar-refractivity contribution in [3.05, 3.63) is 30.1 Å². The Balaban J connectivity index is 2.52. The number of nitrogens with zero attached hydrogens (tertiary/aromatic N) is 1. The average Bonchev–Trinajstić information content (AvgIpc) is 2.43. The maximum Gasteiger partial charge on any atom is 0.321 e. The molecule has 0 aliphatic heterocycles. The fourth-order valence-corrected chi connectivity index (χ4v) is 2.14. The lowest BCUT2D eigenvalue weighted by atomic mass is 10.4. The van der Waals surface area contributed by atoms with E-state index in [1.807, 2.05) is 4.72 Å². The molecule has 0 saturated carbocycles. The van der Waals surface area contributed by atoms with Gasteiger partial charge in [-0.2, -0.15) is 4.72 Å². The normalized spacial score (nSPS) is 11.0. The first-order valence-corrected chi connectivity index (χ1v) is 7.31. The maximum absolute atomic E-state index is 12.7. The van der Waals surface area contributed by atoms with Crippen LogP contribution in [0.25, 0.3) is 0 Å². The highest BCUT2D eigenvalue weighted by Gasteiger charge is 2.16. The van der Waals surface area contributed by atoms with Crippen LogP contribution in [-0.4, -0.2) is 52.4 Å². The van der Waals surface area contributed by atoms with Gasteiger partial charge in [0, 0.05) is 14.1 Å². The van der Waals surface area contributed by atoms with E-state index in [0.29, 0.717) is 0 Å². The zero-order valence-corrected chi connectivity index (χ0v) is 12.3. The van der Waals surface area contributed by atoms with Crippen molar-refractivity contribution in [2.24, 2.45) is 0 Å². The summed E-state index contributed by atoms with van der Waals surface area (Å²) in [7, 11) is -0.953. The van der Waals surface area contributed by atoms with Crippen LogP contribution in [0, 0.1) is 5.82 Å². The van der Waals surface area contributed by atoms with E-state index in [4.69, 9.17) is 0 Å². The van der Waals surface area contributed by atoms with Gasteiger partial charge in [-0.15, -0.1) is 0 Å². The second-order valence-corrected chi connectivity index (χ2v) is 5.99. The number of hydrogen-bond acceptors (Lipinski definition) is 5. The van der Waals surface area contributed by atoms with E-state index in [1.54, 1.807) is 0 Å². The first-order chi connectivity index (χ1) is 9.72. The number of amides is 1. The Hall–Kier alpha value is -2.00. The first-order valence-electron chi connectivity index (χ1n) is 5.83. The smallest absolute Gasteiger partial charge is 0.321 e. The summed E-state index contributed by atoms with van der Waals surface area (Å²) >= 11 is 0. The molecule has 21 heavy (non-hydrogen) atoms. The molecule has 0 heterocycles. The predicted molar refractivity (Wildman–Crippen MR) is 71.2 cm³/mol. The molecule has 0 aromatic heterocycles. The van der Waals surface area contributed by atoms with Gasteiger partial charge >= 0.3 is 5.97 Å². The van der Waals surface area contributed by atoms with Crippen LogP contribution >= 0.6 is 0 Å². The van der Waals surface area contributed by atoms with Crippen LogP contribution in [0.1, 0.15) is 0 Å². The fourth-order valence-electron chi connectivity index (χ4n) is 1.17. The van der Waals surface area contributed by atoms with Gasteiger partial charge in [-0.25, -0.2) is 12.8 Å². The minimum Gasteiger partial charge on any atom is -0.455 e. The van der Waals surface area contributed by atoms with E-state index in [1.165, 1.54) is 19.0 Å². The lowest BCUT2D eigenvalue weighted by Gasteiger charge is -2.11. The number of likely N-dealkylation sites (N-methyl/N-ethyl adjacent to an activating group) is 1. The highest BCUT2D eigenvalue weighted by molar-refractivity contribution is 7.89. The Bertz CT molecular complexity index is 613. The number of sulfonamides is 1. The van der Waals surface area contributed by atoms with Crippen LogP contribution < -0.4 is 4.72 Å². The van der Waals surface area contributed by atoms with E-state index in [-0.39, 0.29) is 4.90 Å². The summed E-state index contributed by atoms with van der Waals surface area (Å²) < 4.78 is 42.9. The van der Waals surface area contributed by atoms with Gasteiger partial charge in [-0.3, -0.25) is 9.59 Å². The van der Waals surface area contributed by atoms with Gasteiger partial charge in [-0.1, -0.05) is 0 Å². The Morgan fingerprint density at radius 1 is 1.24 bits per heavy atom. The van der Waals surface area contributed by atoms with Crippen molar-refractivity contribution in [1.82, 2.24) is 9.62 Å². The molecule has 0 radical (unpaired) electrons. The summed E-state index contributed by atoms with van der Waals surface area (Å²) in [5.74, 6) is -1.89. The molecular formula is C12H15FN2O5S. The summed E-state index contributed by atoms with van der Waals surface area (Å²) in [5.41, 5.74) is 0. The quantitative estimate of drug-likeness (QED) is 0.729. The fraction of sp³-hybridized carbons (Fsp3) is 0.333. The number of carbonyl (C=O) groups is 2. The molecule has 0 aliphatic rings. The third-order valence-electron chi connectivity index (χ3n) is 2.39. The van der Waals surface area contributed by atoms with E-state index in [2.05, 4.69) is 4.74 Å². The minimum atomic E-state index is -3.94. The van der Waals surface area contributed by atoms with Gasteiger partial charge in [-0.05, 0) is 24.3 Å². The van der Waals surface area contributed by atoms with Crippen molar-refractivity contribution >= 4 is 21.9 Å². The number of ether oxygens (including phenoxy) is 1. The predicted octanol–water partition coefficient (Wildman–Crippen LogP) is -0.265. The molecule has 0 spiro atoms. The maximum atomic E-state index is 12.7. The summed E-state index contributed by atoms with van der Waals surface area (Å²) in [6.45, 7) is -1.09. The third kappa shape index (κ3) is 5.48. The largest absolute Gasteiger partial charge is 0.455 e. The zero-order valence-electron chi connectivity index (χ0n) is 11.5. The van der Waals surface area contributed by atoms with Crippen LogP contribution in [0.5, 0.6) is 0 Å². The van der Waals surface area contributed by atoms with Crippen LogP contribution in [0.2, 0.25) is 0 Å². The van der Waals surface area contributed by atoms with Crippen molar-refractivity contribution in [2.45, 2.75) is 4.90 Å². The second-order valence-electron chi connectivity index (χ2n) is 4.23. The van der Waals surface area contributed by atoms with Gasteiger partial charge in [0.25, 0.3) is 5.91 Å². The molecule has 7 nitrogen and oxygen atoms in total. The zero-order chi connectivity index (χ0) is 16.0. The highest BCUT2D eigenvalue weighted by Crippen LogP contribution is 2.09. The molecule has 0 atom stereocenters. The molecule has 0 saturated heterocycles. The number of benzene rings is 1. The second kappa shape index (κ2) is 7.14. The third-order valence-corrected chi connectivity index (χ3v) is 3.80. The van der Waals surface area contributed by atoms with Crippen molar-refractivity contribution in [3.8, 4) is 0 Å². The number of carbonyl (C=O) groups excluding carboxylic acids is 2. The SMILES string of the molecule is CN(C)C(=O)COC(=O)CNS(=O)(=O)c1ccc(F)cc1. The highest BCUT2D eigenvalue weighted by atomic mass is 32.2. The monoisotopic (exact) mass is 318 g/mol. The molecule has 0 aliphatic carbocycles.